The molecule has 2 rings (SSSR count). The summed E-state index contributed by atoms with van der Waals surface area (Å²) in [6, 6.07) is 1.45. The molecule has 21 heavy (non-hydrogen) atoms. The Bertz CT molecular complexity index is 576. The van der Waals surface area contributed by atoms with Crippen LogP contribution in [0.25, 0.3) is 0 Å². The fourth-order valence-electron chi connectivity index (χ4n) is 2.06. The Labute approximate surface area is 133 Å². The van der Waals surface area contributed by atoms with Gasteiger partial charge in [-0.05, 0) is 35.0 Å². The lowest BCUT2D eigenvalue weighted by Gasteiger charge is -2.26. The van der Waals surface area contributed by atoms with Crippen molar-refractivity contribution in [1.82, 2.24) is 14.6 Å². The van der Waals surface area contributed by atoms with E-state index in [1.807, 2.05) is 0 Å². The first kappa shape index (κ1) is 16.6. The second-order valence-corrected chi connectivity index (χ2v) is 7.39. The molecule has 0 amide bonds. The van der Waals surface area contributed by atoms with Gasteiger partial charge in [0.25, 0.3) is 0 Å². The molecule has 1 saturated heterocycles. The minimum atomic E-state index is -3.63. The number of nitrogens with one attached hydrogen (secondary N) is 1. The summed E-state index contributed by atoms with van der Waals surface area (Å²) in [5.74, 6) is -0.00104. The molecule has 7 nitrogen and oxygen atoms in total. The Hall–Kier alpha value is -0.740. The zero-order chi connectivity index (χ0) is 15.3. The van der Waals surface area contributed by atoms with Gasteiger partial charge in [-0.2, -0.15) is 0 Å². The summed E-state index contributed by atoms with van der Waals surface area (Å²) in [5, 5.41) is 0. The molecule has 1 aliphatic heterocycles. The van der Waals surface area contributed by atoms with Crippen molar-refractivity contribution in [1.29, 1.82) is 0 Å². The SMILES string of the molecule is Nc1ncc(Br)cc1S(=O)(=O)NCCCN1CCOCC1. The van der Waals surface area contributed by atoms with E-state index in [2.05, 4.69) is 30.5 Å². The summed E-state index contributed by atoms with van der Waals surface area (Å²) in [6.07, 6.45) is 2.20. The molecule has 0 spiro atoms. The molecule has 0 aliphatic carbocycles. The summed E-state index contributed by atoms with van der Waals surface area (Å²) in [4.78, 5) is 6.10. The van der Waals surface area contributed by atoms with E-state index in [0.29, 0.717) is 11.0 Å². The van der Waals surface area contributed by atoms with Crippen LogP contribution in [0.5, 0.6) is 0 Å². The second kappa shape index (κ2) is 7.50. The Balaban J connectivity index is 1.85. The lowest BCUT2D eigenvalue weighted by Crippen LogP contribution is -2.38. The van der Waals surface area contributed by atoms with Gasteiger partial charge in [-0.15, -0.1) is 0 Å². The third-order valence-corrected chi connectivity index (χ3v) is 5.11. The minimum absolute atomic E-state index is 0.00104. The number of nitrogens with two attached hydrogens (primary N) is 1. The van der Waals surface area contributed by atoms with Gasteiger partial charge in [0, 0.05) is 30.3 Å². The van der Waals surface area contributed by atoms with Crippen molar-refractivity contribution in [2.75, 3.05) is 45.1 Å². The fourth-order valence-corrected chi connectivity index (χ4v) is 3.72. The van der Waals surface area contributed by atoms with Gasteiger partial charge in [-0.25, -0.2) is 18.1 Å². The first-order valence-corrected chi connectivity index (χ1v) is 8.97. The van der Waals surface area contributed by atoms with Crippen LogP contribution in [0, 0.1) is 0 Å². The van der Waals surface area contributed by atoms with Crippen molar-refractivity contribution in [2.24, 2.45) is 0 Å². The van der Waals surface area contributed by atoms with Gasteiger partial charge in [0.2, 0.25) is 10.0 Å². The number of ether oxygens (including phenoxy) is 1. The van der Waals surface area contributed by atoms with Crippen molar-refractivity contribution in [3.05, 3.63) is 16.7 Å². The lowest BCUT2D eigenvalue weighted by molar-refractivity contribution is 0.0376. The van der Waals surface area contributed by atoms with Crippen molar-refractivity contribution < 1.29 is 13.2 Å². The highest BCUT2D eigenvalue weighted by atomic mass is 79.9. The predicted octanol–water partition coefficient (Wildman–Crippen LogP) is 0.427. The van der Waals surface area contributed by atoms with Crippen LogP contribution in [-0.4, -0.2) is 57.7 Å². The largest absolute Gasteiger partial charge is 0.383 e. The highest BCUT2D eigenvalue weighted by molar-refractivity contribution is 9.10. The zero-order valence-corrected chi connectivity index (χ0v) is 14.0. The Morgan fingerprint density at radius 1 is 1.43 bits per heavy atom. The standard InChI is InChI=1S/C12H19BrN4O3S/c13-10-8-11(12(14)15-9-10)21(18,19)16-2-1-3-17-4-6-20-7-5-17/h8-9,16H,1-7H2,(H2,14,15). The molecule has 0 radical (unpaired) electrons. The van der Waals surface area contributed by atoms with E-state index in [0.717, 1.165) is 39.3 Å². The third-order valence-electron chi connectivity index (χ3n) is 3.18. The average molecular weight is 379 g/mol. The summed E-state index contributed by atoms with van der Waals surface area (Å²) in [7, 11) is -3.63. The van der Waals surface area contributed by atoms with Crippen molar-refractivity contribution in [2.45, 2.75) is 11.3 Å². The number of hydrogen-bond acceptors (Lipinski definition) is 6. The van der Waals surface area contributed by atoms with Crippen LogP contribution in [-0.2, 0) is 14.8 Å². The van der Waals surface area contributed by atoms with E-state index in [4.69, 9.17) is 10.5 Å². The molecule has 118 valence electrons. The molecule has 2 heterocycles. The van der Waals surface area contributed by atoms with E-state index >= 15 is 0 Å². The summed E-state index contributed by atoms with van der Waals surface area (Å²) < 4.78 is 32.7. The van der Waals surface area contributed by atoms with Crippen LogP contribution in [0.4, 0.5) is 5.82 Å². The van der Waals surface area contributed by atoms with Crippen molar-refractivity contribution in [3.63, 3.8) is 0 Å². The maximum Gasteiger partial charge on any atom is 0.244 e. The molecule has 1 aliphatic rings. The number of sulfonamides is 1. The summed E-state index contributed by atoms with van der Waals surface area (Å²) in [5.41, 5.74) is 5.62. The number of halogens is 1. The van der Waals surface area contributed by atoms with Gasteiger partial charge >= 0.3 is 0 Å². The predicted molar refractivity (Wildman–Crippen MR) is 83.4 cm³/mol. The van der Waals surface area contributed by atoms with Crippen LogP contribution in [0.3, 0.4) is 0 Å². The Morgan fingerprint density at radius 3 is 2.86 bits per heavy atom. The molecule has 0 saturated carbocycles. The Kier molecular flexibility index (Phi) is 5.94. The molecule has 0 aromatic carbocycles. The van der Waals surface area contributed by atoms with Gasteiger partial charge < -0.3 is 10.5 Å². The van der Waals surface area contributed by atoms with E-state index in [1.165, 1.54) is 12.3 Å². The van der Waals surface area contributed by atoms with E-state index in [9.17, 15) is 8.42 Å². The van der Waals surface area contributed by atoms with E-state index in [1.54, 1.807) is 0 Å². The number of morpholine rings is 1. The van der Waals surface area contributed by atoms with Crippen LogP contribution < -0.4 is 10.5 Å². The molecular weight excluding hydrogens is 360 g/mol. The molecule has 1 fully saturated rings. The monoisotopic (exact) mass is 378 g/mol. The maximum absolute atomic E-state index is 12.2. The fraction of sp³-hybridized carbons (Fsp3) is 0.583. The summed E-state index contributed by atoms with van der Waals surface area (Å²) >= 11 is 3.19. The van der Waals surface area contributed by atoms with Crippen molar-refractivity contribution in [3.8, 4) is 0 Å². The van der Waals surface area contributed by atoms with E-state index < -0.39 is 10.0 Å². The Morgan fingerprint density at radius 2 is 2.14 bits per heavy atom. The molecular formula is C12H19BrN4O3S. The number of rotatable bonds is 6. The highest BCUT2D eigenvalue weighted by Gasteiger charge is 2.18. The zero-order valence-electron chi connectivity index (χ0n) is 11.6. The average Bonchev–Trinajstić information content (AvgIpc) is 2.47. The smallest absolute Gasteiger partial charge is 0.244 e. The van der Waals surface area contributed by atoms with E-state index in [-0.39, 0.29) is 10.7 Å². The second-order valence-electron chi connectivity index (χ2n) is 4.74. The number of pyridine rings is 1. The maximum atomic E-state index is 12.2. The number of anilines is 1. The van der Waals surface area contributed by atoms with Gasteiger partial charge in [-0.3, -0.25) is 4.90 Å². The van der Waals surface area contributed by atoms with Crippen molar-refractivity contribution >= 4 is 31.8 Å². The highest BCUT2D eigenvalue weighted by Crippen LogP contribution is 2.20. The quantitative estimate of drug-likeness (QED) is 0.696. The number of hydrogen-bond donors (Lipinski definition) is 2. The minimum Gasteiger partial charge on any atom is -0.383 e. The lowest BCUT2D eigenvalue weighted by atomic mass is 10.3. The molecule has 0 atom stereocenters. The van der Waals surface area contributed by atoms with Gasteiger partial charge in [0.05, 0.1) is 13.2 Å². The first-order chi connectivity index (χ1) is 9.99. The van der Waals surface area contributed by atoms with Gasteiger partial charge in [0.1, 0.15) is 10.7 Å². The van der Waals surface area contributed by atoms with Crippen LogP contribution in [0.2, 0.25) is 0 Å². The normalized spacial score (nSPS) is 17.0. The molecule has 0 bridgehead atoms. The molecule has 1 aromatic heterocycles. The first-order valence-electron chi connectivity index (χ1n) is 6.70. The summed E-state index contributed by atoms with van der Waals surface area (Å²) in [6.45, 7) is 4.49. The molecule has 0 unspecified atom stereocenters. The third kappa shape index (κ3) is 4.89. The molecule has 1 aromatic rings. The van der Waals surface area contributed by atoms with Crippen LogP contribution >= 0.6 is 15.9 Å². The number of nitrogens with zero attached hydrogens (tertiary/aromatic N) is 2. The topological polar surface area (TPSA) is 97.5 Å². The molecule has 3 N–H and O–H groups in total. The number of nitrogen functional groups attached to an aromatic ring is 1. The van der Waals surface area contributed by atoms with Gasteiger partial charge in [-0.1, -0.05) is 0 Å². The van der Waals surface area contributed by atoms with Crippen LogP contribution in [0.1, 0.15) is 6.42 Å². The molecule has 9 heteroatoms. The van der Waals surface area contributed by atoms with Gasteiger partial charge in [0.15, 0.2) is 0 Å². The van der Waals surface area contributed by atoms with Crippen LogP contribution in [0.15, 0.2) is 21.6 Å². The number of aromatic nitrogens is 1.